The van der Waals surface area contributed by atoms with Crippen LogP contribution in [0.1, 0.15) is 52.4 Å². The maximum atomic E-state index is 5.57. The Labute approximate surface area is 112 Å². The van der Waals surface area contributed by atoms with E-state index in [-0.39, 0.29) is 0 Å². The van der Waals surface area contributed by atoms with Crippen molar-refractivity contribution in [2.24, 2.45) is 0 Å². The van der Waals surface area contributed by atoms with Gasteiger partial charge in [-0.05, 0) is 38.5 Å². The lowest BCUT2D eigenvalue weighted by molar-refractivity contribution is 0.00695. The highest BCUT2D eigenvalue weighted by atomic mass is 16.5. The molecule has 3 heteroatoms. The van der Waals surface area contributed by atoms with Gasteiger partial charge in [-0.15, -0.1) is 0 Å². The summed E-state index contributed by atoms with van der Waals surface area (Å²) in [5.41, 5.74) is 0.359. The van der Waals surface area contributed by atoms with Crippen LogP contribution < -0.4 is 5.32 Å². The highest BCUT2D eigenvalue weighted by molar-refractivity contribution is 4.95. The molecule has 1 heterocycles. The molecule has 1 saturated heterocycles. The molecule has 3 nitrogen and oxygen atoms in total. The Balaban J connectivity index is 1.95. The first-order chi connectivity index (χ1) is 8.73. The van der Waals surface area contributed by atoms with Crippen molar-refractivity contribution in [2.45, 2.75) is 70.1 Å². The fourth-order valence-corrected chi connectivity index (χ4v) is 3.69. The number of hydrogen-bond donors (Lipinski definition) is 1. The Bertz CT molecular complexity index is 253. The maximum Gasteiger partial charge on any atom is 0.0586 e. The Hall–Kier alpha value is -0.120. The van der Waals surface area contributed by atoms with E-state index in [4.69, 9.17) is 4.74 Å². The molecule has 0 bridgehead atoms. The summed E-state index contributed by atoms with van der Waals surface area (Å²) in [4.78, 5) is 2.73. The average molecular weight is 254 g/mol. The number of methoxy groups -OCH3 is 1. The zero-order valence-corrected chi connectivity index (χ0v) is 12.4. The average Bonchev–Trinajstić information content (AvgIpc) is 2.47. The Morgan fingerprint density at radius 2 is 2.06 bits per heavy atom. The van der Waals surface area contributed by atoms with Crippen molar-refractivity contribution < 1.29 is 4.74 Å². The second kappa shape index (κ2) is 6.36. The summed E-state index contributed by atoms with van der Waals surface area (Å²) in [6, 6.07) is 0.753. The molecule has 1 N–H and O–H groups in total. The van der Waals surface area contributed by atoms with Crippen molar-refractivity contribution >= 4 is 0 Å². The molecule has 2 atom stereocenters. The fraction of sp³-hybridized carbons (Fsp3) is 1.00. The van der Waals surface area contributed by atoms with Gasteiger partial charge < -0.3 is 10.1 Å². The standard InChI is InChI=1S/C15H30N2O/c1-4-15(5-2)12-17(10-9-16-15)13-7-6-8-14(11-13)18-3/h13-14,16H,4-12H2,1-3H3. The third-order valence-corrected chi connectivity index (χ3v) is 5.21. The number of piperazine rings is 1. The van der Waals surface area contributed by atoms with Gasteiger partial charge in [-0.25, -0.2) is 0 Å². The molecular formula is C15H30N2O. The summed E-state index contributed by atoms with van der Waals surface area (Å²) >= 11 is 0. The predicted molar refractivity (Wildman–Crippen MR) is 75.9 cm³/mol. The number of hydrogen-bond acceptors (Lipinski definition) is 3. The third kappa shape index (κ3) is 3.06. The summed E-state index contributed by atoms with van der Waals surface area (Å²) in [6.45, 7) is 8.22. The van der Waals surface area contributed by atoms with E-state index >= 15 is 0 Å². The smallest absolute Gasteiger partial charge is 0.0586 e. The van der Waals surface area contributed by atoms with E-state index in [9.17, 15) is 0 Å². The van der Waals surface area contributed by atoms with Crippen molar-refractivity contribution in [2.75, 3.05) is 26.7 Å². The third-order valence-electron chi connectivity index (χ3n) is 5.21. The molecule has 0 aromatic rings. The summed E-state index contributed by atoms with van der Waals surface area (Å²) in [6.07, 6.45) is 8.16. The molecule has 18 heavy (non-hydrogen) atoms. The van der Waals surface area contributed by atoms with Crippen LogP contribution in [-0.4, -0.2) is 49.3 Å². The van der Waals surface area contributed by atoms with Crippen molar-refractivity contribution in [1.29, 1.82) is 0 Å². The lowest BCUT2D eigenvalue weighted by Crippen LogP contribution is -2.62. The van der Waals surface area contributed by atoms with Crippen molar-refractivity contribution in [3.63, 3.8) is 0 Å². The largest absolute Gasteiger partial charge is 0.381 e. The molecule has 0 aromatic carbocycles. The quantitative estimate of drug-likeness (QED) is 0.834. The minimum atomic E-state index is 0.359. The van der Waals surface area contributed by atoms with E-state index in [1.54, 1.807) is 0 Å². The first-order valence-electron chi connectivity index (χ1n) is 7.75. The highest BCUT2D eigenvalue weighted by Crippen LogP contribution is 2.28. The number of nitrogens with one attached hydrogen (secondary N) is 1. The van der Waals surface area contributed by atoms with Crippen LogP contribution >= 0.6 is 0 Å². The van der Waals surface area contributed by atoms with Gasteiger partial charge >= 0.3 is 0 Å². The van der Waals surface area contributed by atoms with E-state index in [0.29, 0.717) is 11.6 Å². The van der Waals surface area contributed by atoms with E-state index < -0.39 is 0 Å². The minimum Gasteiger partial charge on any atom is -0.381 e. The minimum absolute atomic E-state index is 0.359. The monoisotopic (exact) mass is 254 g/mol. The van der Waals surface area contributed by atoms with E-state index in [2.05, 4.69) is 24.1 Å². The van der Waals surface area contributed by atoms with Crippen LogP contribution in [-0.2, 0) is 4.74 Å². The summed E-state index contributed by atoms with van der Waals surface area (Å²) in [5.74, 6) is 0. The molecule has 2 aliphatic rings. The van der Waals surface area contributed by atoms with Gasteiger partial charge in [-0.3, -0.25) is 4.90 Å². The molecule has 2 rings (SSSR count). The maximum absolute atomic E-state index is 5.57. The fourth-order valence-electron chi connectivity index (χ4n) is 3.69. The molecule has 0 radical (unpaired) electrons. The molecule has 2 fully saturated rings. The Morgan fingerprint density at radius 3 is 2.72 bits per heavy atom. The molecule has 106 valence electrons. The van der Waals surface area contributed by atoms with Gasteiger partial charge in [0.05, 0.1) is 6.10 Å². The molecule has 0 amide bonds. The van der Waals surface area contributed by atoms with Crippen molar-refractivity contribution in [1.82, 2.24) is 10.2 Å². The van der Waals surface area contributed by atoms with Gasteiger partial charge in [0.2, 0.25) is 0 Å². The van der Waals surface area contributed by atoms with Crippen LogP contribution in [0.4, 0.5) is 0 Å². The zero-order chi connectivity index (χ0) is 13.0. The molecule has 0 spiro atoms. The Kier molecular flexibility index (Phi) is 5.05. The van der Waals surface area contributed by atoms with Gasteiger partial charge in [0.15, 0.2) is 0 Å². The topological polar surface area (TPSA) is 24.5 Å². The summed E-state index contributed by atoms with van der Waals surface area (Å²) < 4.78 is 5.57. The van der Waals surface area contributed by atoms with Crippen LogP contribution in [0.3, 0.4) is 0 Å². The first-order valence-corrected chi connectivity index (χ1v) is 7.75. The number of nitrogens with zero attached hydrogens (tertiary/aromatic N) is 1. The van der Waals surface area contributed by atoms with Gasteiger partial charge in [0.1, 0.15) is 0 Å². The predicted octanol–water partition coefficient (Wildman–Crippen LogP) is 2.41. The molecule has 1 saturated carbocycles. The first kappa shape index (κ1) is 14.3. The van der Waals surface area contributed by atoms with Gasteiger partial charge in [0, 0.05) is 38.3 Å². The molecule has 1 aliphatic heterocycles. The number of ether oxygens (including phenoxy) is 1. The zero-order valence-electron chi connectivity index (χ0n) is 12.4. The molecule has 1 aliphatic carbocycles. The van der Waals surface area contributed by atoms with Crippen molar-refractivity contribution in [3.05, 3.63) is 0 Å². The number of rotatable bonds is 4. The van der Waals surface area contributed by atoms with Crippen LogP contribution in [0.15, 0.2) is 0 Å². The van der Waals surface area contributed by atoms with Gasteiger partial charge in [-0.1, -0.05) is 13.8 Å². The molecule has 2 unspecified atom stereocenters. The molecular weight excluding hydrogens is 224 g/mol. The normalized spacial score (nSPS) is 33.5. The SMILES string of the molecule is CCC1(CC)CN(C2CCCC(OC)C2)CCN1. The van der Waals surface area contributed by atoms with Gasteiger partial charge in [-0.2, -0.15) is 0 Å². The molecule has 0 aromatic heterocycles. The highest BCUT2D eigenvalue weighted by Gasteiger charge is 2.36. The lowest BCUT2D eigenvalue weighted by Gasteiger charge is -2.47. The van der Waals surface area contributed by atoms with Crippen LogP contribution in [0, 0.1) is 0 Å². The van der Waals surface area contributed by atoms with Gasteiger partial charge in [0.25, 0.3) is 0 Å². The van der Waals surface area contributed by atoms with E-state index in [1.807, 2.05) is 7.11 Å². The summed E-state index contributed by atoms with van der Waals surface area (Å²) in [5, 5.41) is 3.75. The Morgan fingerprint density at radius 1 is 1.28 bits per heavy atom. The van der Waals surface area contributed by atoms with Crippen LogP contribution in [0.5, 0.6) is 0 Å². The second-order valence-electron chi connectivity index (χ2n) is 6.06. The van der Waals surface area contributed by atoms with Crippen LogP contribution in [0.2, 0.25) is 0 Å². The van der Waals surface area contributed by atoms with Crippen molar-refractivity contribution in [3.8, 4) is 0 Å². The van der Waals surface area contributed by atoms with E-state index in [1.165, 1.54) is 51.6 Å². The second-order valence-corrected chi connectivity index (χ2v) is 6.06. The summed E-state index contributed by atoms with van der Waals surface area (Å²) in [7, 11) is 1.87. The van der Waals surface area contributed by atoms with E-state index in [0.717, 1.165) is 12.6 Å². The lowest BCUT2D eigenvalue weighted by atomic mass is 9.86. The van der Waals surface area contributed by atoms with Crippen LogP contribution in [0.25, 0.3) is 0 Å².